The number of fused-ring (bicyclic) bond motifs is 1. The summed E-state index contributed by atoms with van der Waals surface area (Å²) in [6, 6.07) is 14.7. The minimum atomic E-state index is -5.49. The van der Waals surface area contributed by atoms with Crippen molar-refractivity contribution in [1.82, 2.24) is 14.3 Å². The SMILES string of the molecule is Cc1ccc2c(c1)CN(S(=O)(=O)C(F)(F)F)C[C@@H](CCc1ccccc1)N2Cc1cnc[nH]1. The third kappa shape index (κ3) is 5.06. The van der Waals surface area contributed by atoms with E-state index in [4.69, 9.17) is 0 Å². The molecule has 1 atom stereocenters. The van der Waals surface area contributed by atoms with E-state index in [1.807, 2.05) is 54.3 Å². The lowest BCUT2D eigenvalue weighted by Crippen LogP contribution is -2.47. The fraction of sp³-hybridized carbons (Fsp3) is 0.348. The number of nitrogens with zero attached hydrogens (tertiary/aromatic N) is 3. The first-order chi connectivity index (χ1) is 15.6. The fourth-order valence-corrected chi connectivity index (χ4v) is 5.20. The summed E-state index contributed by atoms with van der Waals surface area (Å²) in [5.41, 5.74) is -1.41. The molecular weight excluding hydrogens is 453 g/mol. The molecule has 4 rings (SSSR count). The summed E-state index contributed by atoms with van der Waals surface area (Å²) < 4.78 is 66.1. The van der Waals surface area contributed by atoms with E-state index in [9.17, 15) is 21.6 Å². The zero-order chi connectivity index (χ0) is 23.6. The second-order valence-corrected chi connectivity index (χ2v) is 10.2. The number of halogens is 3. The predicted molar refractivity (Wildman–Crippen MR) is 120 cm³/mol. The number of H-pyrrole nitrogens is 1. The Labute approximate surface area is 191 Å². The van der Waals surface area contributed by atoms with Gasteiger partial charge in [0.05, 0.1) is 18.6 Å². The van der Waals surface area contributed by atoms with E-state index in [2.05, 4.69) is 9.97 Å². The molecule has 0 unspecified atom stereocenters. The van der Waals surface area contributed by atoms with Crippen molar-refractivity contribution in [3.8, 4) is 0 Å². The topological polar surface area (TPSA) is 69.3 Å². The Bertz CT molecular complexity index is 1180. The van der Waals surface area contributed by atoms with Crippen LogP contribution in [0.3, 0.4) is 0 Å². The molecule has 1 aliphatic heterocycles. The molecule has 10 heteroatoms. The number of hydrogen-bond acceptors (Lipinski definition) is 4. The molecule has 0 fully saturated rings. The van der Waals surface area contributed by atoms with Crippen LogP contribution in [0.5, 0.6) is 0 Å². The first-order valence-electron chi connectivity index (χ1n) is 10.6. The number of aryl methyl sites for hydroxylation is 2. The number of imidazole rings is 1. The monoisotopic (exact) mass is 478 g/mol. The summed E-state index contributed by atoms with van der Waals surface area (Å²) in [7, 11) is -5.49. The summed E-state index contributed by atoms with van der Waals surface area (Å²) in [5, 5.41) is 0. The van der Waals surface area contributed by atoms with Crippen LogP contribution in [0.4, 0.5) is 18.9 Å². The lowest BCUT2D eigenvalue weighted by molar-refractivity contribution is -0.0492. The van der Waals surface area contributed by atoms with Crippen LogP contribution in [0.15, 0.2) is 61.1 Å². The molecule has 1 aromatic heterocycles. The highest BCUT2D eigenvalue weighted by Crippen LogP contribution is 2.36. The van der Waals surface area contributed by atoms with E-state index in [1.165, 1.54) is 0 Å². The Balaban J connectivity index is 1.76. The van der Waals surface area contributed by atoms with Crippen LogP contribution in [-0.4, -0.2) is 40.8 Å². The van der Waals surface area contributed by atoms with Crippen molar-refractivity contribution >= 4 is 15.7 Å². The Morgan fingerprint density at radius 3 is 2.58 bits per heavy atom. The lowest BCUT2D eigenvalue weighted by Gasteiger charge is -2.34. The number of benzene rings is 2. The van der Waals surface area contributed by atoms with Crippen LogP contribution >= 0.6 is 0 Å². The maximum atomic E-state index is 13.5. The van der Waals surface area contributed by atoms with Gasteiger partial charge in [0.25, 0.3) is 0 Å². The van der Waals surface area contributed by atoms with Gasteiger partial charge in [-0.2, -0.15) is 17.5 Å². The zero-order valence-corrected chi connectivity index (χ0v) is 18.9. The van der Waals surface area contributed by atoms with Crippen LogP contribution < -0.4 is 4.90 Å². The van der Waals surface area contributed by atoms with Crippen LogP contribution in [-0.2, 0) is 29.5 Å². The molecular formula is C23H25F3N4O2S. The molecule has 3 aromatic rings. The number of aromatic amines is 1. The maximum absolute atomic E-state index is 13.5. The Morgan fingerprint density at radius 1 is 1.15 bits per heavy atom. The lowest BCUT2D eigenvalue weighted by atomic mass is 10.0. The number of aromatic nitrogens is 2. The number of anilines is 1. The van der Waals surface area contributed by atoms with Gasteiger partial charge in [-0.25, -0.2) is 13.4 Å². The average molecular weight is 479 g/mol. The maximum Gasteiger partial charge on any atom is 0.511 e. The average Bonchev–Trinajstić information content (AvgIpc) is 3.22. The van der Waals surface area contributed by atoms with Crippen LogP contribution in [0.25, 0.3) is 0 Å². The molecule has 0 bridgehead atoms. The number of sulfonamides is 1. The quantitative estimate of drug-likeness (QED) is 0.571. The van der Waals surface area contributed by atoms with Gasteiger partial charge in [0.15, 0.2) is 0 Å². The Kier molecular flexibility index (Phi) is 6.49. The van der Waals surface area contributed by atoms with Gasteiger partial charge in [-0.05, 0) is 37.0 Å². The van der Waals surface area contributed by atoms with Crippen molar-refractivity contribution in [2.24, 2.45) is 0 Å². The van der Waals surface area contributed by atoms with Crippen molar-refractivity contribution in [2.45, 2.75) is 44.4 Å². The summed E-state index contributed by atoms with van der Waals surface area (Å²) in [6.07, 6.45) is 4.29. The summed E-state index contributed by atoms with van der Waals surface area (Å²) in [6.45, 7) is 1.60. The van der Waals surface area contributed by atoms with Gasteiger partial charge < -0.3 is 9.88 Å². The summed E-state index contributed by atoms with van der Waals surface area (Å²) in [4.78, 5) is 9.09. The van der Waals surface area contributed by atoms with Gasteiger partial charge in [0.1, 0.15) is 0 Å². The fourth-order valence-electron chi connectivity index (χ4n) is 4.23. The van der Waals surface area contributed by atoms with Crippen LogP contribution in [0.2, 0.25) is 0 Å². The van der Waals surface area contributed by atoms with E-state index < -0.39 is 21.6 Å². The Morgan fingerprint density at radius 2 is 1.91 bits per heavy atom. The molecule has 1 N–H and O–H groups in total. The molecule has 0 aliphatic carbocycles. The normalized spacial score (nSPS) is 17.6. The third-order valence-electron chi connectivity index (χ3n) is 5.88. The van der Waals surface area contributed by atoms with Crippen molar-refractivity contribution in [1.29, 1.82) is 0 Å². The second kappa shape index (κ2) is 9.18. The van der Waals surface area contributed by atoms with E-state index in [-0.39, 0.29) is 13.1 Å². The van der Waals surface area contributed by atoms with Gasteiger partial charge in [-0.15, -0.1) is 0 Å². The molecule has 0 saturated heterocycles. The summed E-state index contributed by atoms with van der Waals surface area (Å²) in [5.74, 6) is 0. The van der Waals surface area contributed by atoms with Gasteiger partial charge in [-0.3, -0.25) is 0 Å². The van der Waals surface area contributed by atoms with Gasteiger partial charge in [0, 0.05) is 31.0 Å². The molecule has 1 aliphatic rings. The molecule has 2 heterocycles. The Hall–Kier alpha value is -2.85. The minimum Gasteiger partial charge on any atom is -0.361 e. The molecule has 33 heavy (non-hydrogen) atoms. The molecule has 176 valence electrons. The molecule has 0 radical (unpaired) electrons. The molecule has 0 saturated carbocycles. The number of rotatable bonds is 6. The number of alkyl halides is 3. The van der Waals surface area contributed by atoms with Gasteiger partial charge in [0.2, 0.25) is 0 Å². The van der Waals surface area contributed by atoms with E-state index in [0.717, 1.165) is 22.5 Å². The first-order valence-corrected chi connectivity index (χ1v) is 12.0. The van der Waals surface area contributed by atoms with Crippen LogP contribution in [0, 0.1) is 6.92 Å². The highest BCUT2D eigenvalue weighted by Gasteiger charge is 2.51. The van der Waals surface area contributed by atoms with E-state index in [0.29, 0.717) is 29.3 Å². The number of nitrogens with one attached hydrogen (secondary N) is 1. The van der Waals surface area contributed by atoms with Crippen molar-refractivity contribution in [3.63, 3.8) is 0 Å². The van der Waals surface area contributed by atoms with Gasteiger partial charge >= 0.3 is 15.5 Å². The largest absolute Gasteiger partial charge is 0.511 e. The predicted octanol–water partition coefficient (Wildman–Crippen LogP) is 4.39. The van der Waals surface area contributed by atoms with Crippen molar-refractivity contribution < 1.29 is 21.6 Å². The molecule has 6 nitrogen and oxygen atoms in total. The van der Waals surface area contributed by atoms with E-state index in [1.54, 1.807) is 18.6 Å². The van der Waals surface area contributed by atoms with Crippen molar-refractivity contribution in [3.05, 3.63) is 83.4 Å². The van der Waals surface area contributed by atoms with Crippen molar-refractivity contribution in [2.75, 3.05) is 11.4 Å². The van der Waals surface area contributed by atoms with Gasteiger partial charge in [-0.1, -0.05) is 48.0 Å². The van der Waals surface area contributed by atoms with Crippen LogP contribution in [0.1, 0.15) is 28.8 Å². The smallest absolute Gasteiger partial charge is 0.361 e. The standard InChI is InChI=1S/C23H25F3N4O2S/c1-17-7-10-22-19(11-17)13-29(33(31,32)23(24,25)26)15-21(9-8-18-5-3-2-4-6-18)30(22)14-20-12-27-16-28-20/h2-7,10-12,16,21H,8-9,13-15H2,1H3,(H,27,28)/t21-/m1/s1. The minimum absolute atomic E-state index is 0.267. The highest BCUT2D eigenvalue weighted by atomic mass is 32.2. The highest BCUT2D eigenvalue weighted by molar-refractivity contribution is 7.89. The molecule has 2 aromatic carbocycles. The zero-order valence-electron chi connectivity index (χ0n) is 18.1. The molecule has 0 spiro atoms. The third-order valence-corrected chi connectivity index (χ3v) is 7.43. The summed E-state index contributed by atoms with van der Waals surface area (Å²) >= 11 is 0. The number of hydrogen-bond donors (Lipinski definition) is 1. The molecule has 0 amide bonds. The first kappa shape index (κ1) is 23.3. The van der Waals surface area contributed by atoms with E-state index >= 15 is 0 Å². The second-order valence-electron chi connectivity index (χ2n) is 8.26.